The molecule has 21 heavy (non-hydrogen) atoms. The molecule has 7 nitrogen and oxygen atoms in total. The Balaban J connectivity index is 3.22. The van der Waals surface area contributed by atoms with Crippen molar-refractivity contribution in [1.29, 1.82) is 0 Å². The highest BCUT2D eigenvalue weighted by molar-refractivity contribution is 7.89. The van der Waals surface area contributed by atoms with Gasteiger partial charge in [-0.1, -0.05) is 20.3 Å². The number of nitro benzene ring substituents is 1. The van der Waals surface area contributed by atoms with Gasteiger partial charge >= 0.3 is 0 Å². The van der Waals surface area contributed by atoms with Crippen molar-refractivity contribution in [1.82, 2.24) is 4.31 Å². The van der Waals surface area contributed by atoms with E-state index in [1.807, 2.05) is 6.92 Å². The molecular formula is C13H21N3O4S. The number of nitrogens with zero attached hydrogens (tertiary/aromatic N) is 2. The van der Waals surface area contributed by atoms with E-state index in [0.29, 0.717) is 13.1 Å². The molecule has 0 saturated heterocycles. The Morgan fingerprint density at radius 2 is 2.00 bits per heavy atom. The lowest BCUT2D eigenvalue weighted by Crippen LogP contribution is -2.31. The molecule has 0 saturated carbocycles. The fraction of sp³-hybridized carbons (Fsp3) is 0.538. The highest BCUT2D eigenvalue weighted by Gasteiger charge is 2.25. The van der Waals surface area contributed by atoms with E-state index in [-0.39, 0.29) is 16.3 Å². The zero-order valence-corrected chi connectivity index (χ0v) is 13.3. The van der Waals surface area contributed by atoms with Crippen LogP contribution in [0.25, 0.3) is 0 Å². The Morgan fingerprint density at radius 3 is 2.48 bits per heavy atom. The van der Waals surface area contributed by atoms with Gasteiger partial charge in [0, 0.05) is 26.2 Å². The second-order valence-electron chi connectivity index (χ2n) is 4.54. The monoisotopic (exact) mass is 315 g/mol. The minimum atomic E-state index is -3.63. The molecule has 0 atom stereocenters. The van der Waals surface area contributed by atoms with Gasteiger partial charge in [0.25, 0.3) is 5.69 Å². The summed E-state index contributed by atoms with van der Waals surface area (Å²) in [5.74, 6) is 0. The molecule has 0 aliphatic carbocycles. The number of hydrogen-bond acceptors (Lipinski definition) is 5. The lowest BCUT2D eigenvalue weighted by molar-refractivity contribution is -0.384. The third kappa shape index (κ3) is 3.92. The maximum atomic E-state index is 12.5. The molecule has 0 bridgehead atoms. The molecule has 1 rings (SSSR count). The van der Waals surface area contributed by atoms with Crippen molar-refractivity contribution < 1.29 is 13.3 Å². The largest absolute Gasteiger partial charge is 0.383 e. The first-order valence-electron chi connectivity index (χ1n) is 6.84. The second kappa shape index (κ2) is 7.37. The molecule has 0 unspecified atom stereocenters. The van der Waals surface area contributed by atoms with Crippen LogP contribution in [0.1, 0.15) is 26.7 Å². The zero-order valence-electron chi connectivity index (χ0n) is 12.5. The van der Waals surface area contributed by atoms with Crippen LogP contribution >= 0.6 is 0 Å². The van der Waals surface area contributed by atoms with Crippen LogP contribution in [0, 0.1) is 10.1 Å². The predicted octanol–water partition coefficient (Wildman–Crippen LogP) is 2.45. The summed E-state index contributed by atoms with van der Waals surface area (Å²) in [4.78, 5) is 10.4. The summed E-state index contributed by atoms with van der Waals surface area (Å²) >= 11 is 0. The van der Waals surface area contributed by atoms with Gasteiger partial charge in [-0.25, -0.2) is 8.42 Å². The summed E-state index contributed by atoms with van der Waals surface area (Å²) in [7, 11) is -2.11. The fourth-order valence-corrected chi connectivity index (χ4v) is 3.48. The van der Waals surface area contributed by atoms with Crippen molar-refractivity contribution in [2.45, 2.75) is 31.6 Å². The van der Waals surface area contributed by atoms with Crippen LogP contribution in [0.3, 0.4) is 0 Å². The molecular weight excluding hydrogens is 294 g/mol. The van der Waals surface area contributed by atoms with E-state index in [9.17, 15) is 18.5 Å². The summed E-state index contributed by atoms with van der Waals surface area (Å²) in [6, 6.07) is 3.80. The quantitative estimate of drug-likeness (QED) is 0.587. The van der Waals surface area contributed by atoms with Gasteiger partial charge in [0.1, 0.15) is 5.69 Å². The Hall–Kier alpha value is -1.67. The molecule has 0 aliphatic heterocycles. The maximum absolute atomic E-state index is 12.5. The standard InChI is InChI=1S/C13H21N3O4S/c1-4-6-9-15(5-2)21(19,20)11-7-8-13(16(17)18)12(10-11)14-3/h7-8,10,14H,4-6,9H2,1-3H3. The Labute approximate surface area is 125 Å². The molecule has 1 aromatic carbocycles. The molecule has 8 heteroatoms. The van der Waals surface area contributed by atoms with Crippen LogP contribution in [0.4, 0.5) is 11.4 Å². The predicted molar refractivity (Wildman–Crippen MR) is 82.0 cm³/mol. The molecule has 0 aliphatic rings. The Bertz CT molecular complexity index is 601. The number of benzene rings is 1. The van der Waals surface area contributed by atoms with Crippen LogP contribution < -0.4 is 5.32 Å². The van der Waals surface area contributed by atoms with Gasteiger partial charge in [-0.05, 0) is 18.6 Å². The van der Waals surface area contributed by atoms with Crippen LogP contribution in [-0.2, 0) is 10.0 Å². The van der Waals surface area contributed by atoms with Gasteiger partial charge in [-0.3, -0.25) is 10.1 Å². The minimum Gasteiger partial charge on any atom is -0.383 e. The summed E-state index contributed by atoms with van der Waals surface area (Å²) in [6.07, 6.45) is 1.67. The van der Waals surface area contributed by atoms with E-state index in [0.717, 1.165) is 12.8 Å². The minimum absolute atomic E-state index is 0.0652. The summed E-state index contributed by atoms with van der Waals surface area (Å²) in [5.41, 5.74) is 0.0423. The van der Waals surface area contributed by atoms with Crippen LogP contribution in [0.15, 0.2) is 23.1 Å². The van der Waals surface area contributed by atoms with E-state index in [4.69, 9.17) is 0 Å². The van der Waals surface area contributed by atoms with Crippen molar-refractivity contribution in [2.75, 3.05) is 25.5 Å². The number of nitro groups is 1. The van der Waals surface area contributed by atoms with Crippen LogP contribution in [0.2, 0.25) is 0 Å². The third-order valence-corrected chi connectivity index (χ3v) is 5.16. The maximum Gasteiger partial charge on any atom is 0.292 e. The first kappa shape index (κ1) is 17.4. The normalized spacial score (nSPS) is 11.6. The van der Waals surface area contributed by atoms with Crippen LogP contribution in [-0.4, -0.2) is 37.8 Å². The number of hydrogen-bond donors (Lipinski definition) is 1. The molecule has 0 heterocycles. The van der Waals surface area contributed by atoms with Gasteiger partial charge in [-0.2, -0.15) is 4.31 Å². The Kier molecular flexibility index (Phi) is 6.10. The van der Waals surface area contributed by atoms with Gasteiger partial charge < -0.3 is 5.32 Å². The highest BCUT2D eigenvalue weighted by Crippen LogP contribution is 2.28. The molecule has 0 radical (unpaired) electrons. The van der Waals surface area contributed by atoms with E-state index in [1.54, 1.807) is 6.92 Å². The summed E-state index contributed by atoms with van der Waals surface area (Å²) < 4.78 is 26.5. The lowest BCUT2D eigenvalue weighted by atomic mass is 10.3. The van der Waals surface area contributed by atoms with E-state index < -0.39 is 14.9 Å². The van der Waals surface area contributed by atoms with Gasteiger partial charge in [-0.15, -0.1) is 0 Å². The first-order chi connectivity index (χ1) is 9.88. The number of anilines is 1. The topological polar surface area (TPSA) is 92.5 Å². The van der Waals surface area contributed by atoms with Gasteiger partial charge in [0.05, 0.1) is 9.82 Å². The molecule has 118 valence electrons. The van der Waals surface area contributed by atoms with E-state index in [1.165, 1.54) is 29.6 Å². The smallest absolute Gasteiger partial charge is 0.292 e. The Morgan fingerprint density at radius 1 is 1.33 bits per heavy atom. The number of nitrogens with one attached hydrogen (secondary N) is 1. The molecule has 0 amide bonds. The average Bonchev–Trinajstić information content (AvgIpc) is 2.46. The average molecular weight is 315 g/mol. The number of unbranched alkanes of at least 4 members (excludes halogenated alkanes) is 1. The van der Waals surface area contributed by atoms with Crippen molar-refractivity contribution in [3.8, 4) is 0 Å². The van der Waals surface area contributed by atoms with Gasteiger partial charge in [0.2, 0.25) is 10.0 Å². The van der Waals surface area contributed by atoms with Crippen molar-refractivity contribution in [2.24, 2.45) is 0 Å². The second-order valence-corrected chi connectivity index (χ2v) is 6.47. The summed E-state index contributed by atoms with van der Waals surface area (Å²) in [6.45, 7) is 4.58. The zero-order chi connectivity index (χ0) is 16.0. The molecule has 1 aromatic rings. The number of sulfonamides is 1. The van der Waals surface area contributed by atoms with E-state index in [2.05, 4.69) is 5.32 Å². The van der Waals surface area contributed by atoms with Crippen LogP contribution in [0.5, 0.6) is 0 Å². The SMILES string of the molecule is CCCCN(CC)S(=O)(=O)c1ccc([N+](=O)[O-])c(NC)c1. The lowest BCUT2D eigenvalue weighted by Gasteiger charge is -2.20. The summed E-state index contributed by atoms with van der Waals surface area (Å²) in [5, 5.41) is 13.5. The first-order valence-corrected chi connectivity index (χ1v) is 8.28. The van der Waals surface area contributed by atoms with Crippen molar-refractivity contribution in [3.05, 3.63) is 28.3 Å². The molecule has 0 spiro atoms. The number of rotatable bonds is 8. The third-order valence-electron chi connectivity index (χ3n) is 3.19. The highest BCUT2D eigenvalue weighted by atomic mass is 32.2. The van der Waals surface area contributed by atoms with Crippen molar-refractivity contribution in [3.63, 3.8) is 0 Å². The van der Waals surface area contributed by atoms with Gasteiger partial charge in [0.15, 0.2) is 0 Å². The fourth-order valence-electron chi connectivity index (χ4n) is 1.97. The molecule has 0 aromatic heterocycles. The molecule has 1 N–H and O–H groups in total. The molecule has 0 fully saturated rings. The van der Waals surface area contributed by atoms with E-state index >= 15 is 0 Å². The van der Waals surface area contributed by atoms with Crippen molar-refractivity contribution >= 4 is 21.4 Å².